The molecule has 2 N–H and O–H groups in total. The number of nitrogens with zero attached hydrogens (tertiary/aromatic N) is 2. The summed E-state index contributed by atoms with van der Waals surface area (Å²) in [6.45, 7) is 4.77. The topological polar surface area (TPSA) is 86.3 Å². The van der Waals surface area contributed by atoms with Crippen LogP contribution in [-0.4, -0.2) is 45.2 Å². The largest absolute Gasteiger partial charge is 0.481 e. The fraction of sp³-hybridized carbons (Fsp3) is 0.438. The highest BCUT2D eigenvalue weighted by Gasteiger charge is 2.32. The van der Waals surface area contributed by atoms with Crippen LogP contribution < -0.4 is 0 Å². The molecule has 2 unspecified atom stereocenters. The van der Waals surface area contributed by atoms with E-state index in [9.17, 15) is 14.7 Å². The van der Waals surface area contributed by atoms with Gasteiger partial charge in [-0.3, -0.25) is 14.7 Å². The molecule has 116 valence electrons. The normalized spacial score (nSPS) is 22.0. The lowest BCUT2D eigenvalue weighted by atomic mass is 9.90. The highest BCUT2D eigenvalue weighted by atomic mass is 16.4. The van der Waals surface area contributed by atoms with Crippen molar-refractivity contribution in [1.82, 2.24) is 15.1 Å². The fourth-order valence-corrected chi connectivity index (χ4v) is 3.24. The maximum Gasteiger partial charge on any atom is 0.308 e. The van der Waals surface area contributed by atoms with Crippen molar-refractivity contribution in [1.29, 1.82) is 0 Å². The molecule has 2 heterocycles. The van der Waals surface area contributed by atoms with E-state index >= 15 is 0 Å². The highest BCUT2D eigenvalue weighted by Crippen LogP contribution is 2.26. The first-order chi connectivity index (χ1) is 10.5. The van der Waals surface area contributed by atoms with Gasteiger partial charge in [0, 0.05) is 18.5 Å². The molecular weight excluding hydrogens is 282 g/mol. The summed E-state index contributed by atoms with van der Waals surface area (Å²) in [6, 6.07) is 3.80. The molecule has 1 aromatic carbocycles. The van der Waals surface area contributed by atoms with E-state index in [1.54, 1.807) is 11.1 Å². The van der Waals surface area contributed by atoms with Crippen LogP contribution in [0, 0.1) is 18.8 Å². The Morgan fingerprint density at radius 3 is 2.86 bits per heavy atom. The van der Waals surface area contributed by atoms with Gasteiger partial charge in [-0.1, -0.05) is 6.92 Å². The number of hydrogen-bond donors (Lipinski definition) is 2. The average Bonchev–Trinajstić information content (AvgIpc) is 2.92. The van der Waals surface area contributed by atoms with Crippen LogP contribution in [0.5, 0.6) is 0 Å². The van der Waals surface area contributed by atoms with E-state index in [-0.39, 0.29) is 18.4 Å². The molecule has 1 aromatic heterocycles. The van der Waals surface area contributed by atoms with E-state index in [0.717, 1.165) is 10.9 Å². The number of piperidine rings is 1. The molecule has 6 nitrogen and oxygen atoms in total. The molecule has 2 aromatic rings. The van der Waals surface area contributed by atoms with Crippen LogP contribution in [0.3, 0.4) is 0 Å². The van der Waals surface area contributed by atoms with Gasteiger partial charge in [-0.2, -0.15) is 5.10 Å². The maximum absolute atomic E-state index is 12.9. The number of nitrogens with one attached hydrogen (secondary N) is 1. The second-order valence-corrected chi connectivity index (χ2v) is 6.23. The van der Waals surface area contributed by atoms with Crippen LogP contribution in [-0.2, 0) is 4.79 Å². The number of likely N-dealkylation sites (tertiary alicyclic amines) is 1. The predicted molar refractivity (Wildman–Crippen MR) is 81.6 cm³/mol. The van der Waals surface area contributed by atoms with Crippen LogP contribution in [0.2, 0.25) is 0 Å². The number of carboxylic acids is 1. The Morgan fingerprint density at radius 2 is 2.14 bits per heavy atom. The number of carbonyl (C=O) groups excluding carboxylic acids is 1. The lowest BCUT2D eigenvalue weighted by molar-refractivity contribution is -0.143. The predicted octanol–water partition coefficient (Wildman–Crippen LogP) is 2.05. The number of fused-ring (bicyclic) bond motifs is 1. The molecule has 6 heteroatoms. The first kappa shape index (κ1) is 14.6. The number of carbonyl (C=O) groups is 2. The van der Waals surface area contributed by atoms with Crippen molar-refractivity contribution in [3.8, 4) is 0 Å². The summed E-state index contributed by atoms with van der Waals surface area (Å²) in [4.78, 5) is 25.8. The van der Waals surface area contributed by atoms with Gasteiger partial charge in [0.15, 0.2) is 0 Å². The zero-order valence-corrected chi connectivity index (χ0v) is 12.7. The molecule has 22 heavy (non-hydrogen) atoms. The molecule has 2 atom stereocenters. The van der Waals surface area contributed by atoms with E-state index < -0.39 is 11.9 Å². The van der Waals surface area contributed by atoms with Crippen LogP contribution in [0.25, 0.3) is 10.9 Å². The van der Waals surface area contributed by atoms with Crippen molar-refractivity contribution in [2.75, 3.05) is 13.1 Å². The molecule has 1 aliphatic heterocycles. The Labute approximate surface area is 128 Å². The first-order valence-corrected chi connectivity index (χ1v) is 7.41. The monoisotopic (exact) mass is 301 g/mol. The number of aromatic amines is 1. The van der Waals surface area contributed by atoms with E-state index in [2.05, 4.69) is 10.2 Å². The van der Waals surface area contributed by atoms with Crippen LogP contribution in [0.15, 0.2) is 18.3 Å². The van der Waals surface area contributed by atoms with Crippen molar-refractivity contribution in [2.24, 2.45) is 11.8 Å². The summed E-state index contributed by atoms with van der Waals surface area (Å²) in [5.74, 6) is -1.27. The van der Waals surface area contributed by atoms with Crippen molar-refractivity contribution in [3.05, 3.63) is 29.5 Å². The number of benzene rings is 1. The summed E-state index contributed by atoms with van der Waals surface area (Å²) in [6.07, 6.45) is 2.31. The van der Waals surface area contributed by atoms with Crippen molar-refractivity contribution in [3.63, 3.8) is 0 Å². The van der Waals surface area contributed by atoms with Gasteiger partial charge in [-0.05, 0) is 37.0 Å². The highest BCUT2D eigenvalue weighted by molar-refractivity contribution is 6.05. The second kappa shape index (κ2) is 5.44. The van der Waals surface area contributed by atoms with Crippen molar-refractivity contribution >= 4 is 22.8 Å². The quantitative estimate of drug-likeness (QED) is 0.889. The molecule has 0 spiro atoms. The number of amides is 1. The van der Waals surface area contributed by atoms with Gasteiger partial charge in [-0.15, -0.1) is 0 Å². The fourth-order valence-electron chi connectivity index (χ4n) is 3.24. The number of aliphatic carboxylic acids is 1. The number of aromatic nitrogens is 2. The zero-order valence-electron chi connectivity index (χ0n) is 12.7. The zero-order chi connectivity index (χ0) is 15.9. The maximum atomic E-state index is 12.9. The van der Waals surface area contributed by atoms with Gasteiger partial charge < -0.3 is 10.0 Å². The van der Waals surface area contributed by atoms with Gasteiger partial charge in [0.1, 0.15) is 0 Å². The Bertz CT molecular complexity index is 737. The minimum Gasteiger partial charge on any atom is -0.481 e. The van der Waals surface area contributed by atoms with Crippen molar-refractivity contribution < 1.29 is 14.7 Å². The lowest BCUT2D eigenvalue weighted by Gasteiger charge is -2.34. The number of hydrogen-bond acceptors (Lipinski definition) is 3. The number of aryl methyl sites for hydroxylation is 1. The third kappa shape index (κ3) is 2.56. The summed E-state index contributed by atoms with van der Waals surface area (Å²) < 4.78 is 0. The number of carboxylic acid groups (broad SMARTS) is 1. The number of H-pyrrole nitrogens is 1. The van der Waals surface area contributed by atoms with Gasteiger partial charge in [0.05, 0.1) is 23.2 Å². The Morgan fingerprint density at radius 1 is 1.36 bits per heavy atom. The van der Waals surface area contributed by atoms with Crippen molar-refractivity contribution in [2.45, 2.75) is 20.3 Å². The van der Waals surface area contributed by atoms with E-state index in [0.29, 0.717) is 24.0 Å². The molecule has 1 amide bonds. The number of rotatable bonds is 2. The average molecular weight is 301 g/mol. The van der Waals surface area contributed by atoms with Gasteiger partial charge >= 0.3 is 5.97 Å². The minimum atomic E-state index is -0.833. The third-order valence-corrected chi connectivity index (χ3v) is 4.22. The summed E-state index contributed by atoms with van der Waals surface area (Å²) in [7, 11) is 0. The standard InChI is InChI=1S/C16H19N3O3/c1-9-3-11-6-17-18-14(11)13(5-9)15(20)19-7-10(2)4-12(8-19)16(21)22/h3,5-6,10,12H,4,7-8H2,1-2H3,(H,17,18)(H,21,22). The smallest absolute Gasteiger partial charge is 0.308 e. The van der Waals surface area contributed by atoms with E-state index in [1.165, 1.54) is 0 Å². The van der Waals surface area contributed by atoms with Gasteiger partial charge in [0.2, 0.25) is 0 Å². The van der Waals surface area contributed by atoms with Crippen LogP contribution in [0.4, 0.5) is 0 Å². The first-order valence-electron chi connectivity index (χ1n) is 7.41. The SMILES string of the molecule is Cc1cc(C(=O)N2CC(C)CC(C(=O)O)C2)c2[nH]ncc2c1. The Kier molecular flexibility index (Phi) is 3.60. The second-order valence-electron chi connectivity index (χ2n) is 6.23. The molecule has 0 radical (unpaired) electrons. The molecule has 1 saturated heterocycles. The Balaban J connectivity index is 1.95. The van der Waals surface area contributed by atoms with E-state index in [1.807, 2.05) is 26.0 Å². The molecule has 1 fully saturated rings. The summed E-state index contributed by atoms with van der Waals surface area (Å²) >= 11 is 0. The van der Waals surface area contributed by atoms with Gasteiger partial charge in [0.25, 0.3) is 5.91 Å². The Hall–Kier alpha value is -2.37. The summed E-state index contributed by atoms with van der Waals surface area (Å²) in [5, 5.41) is 17.0. The lowest BCUT2D eigenvalue weighted by Crippen LogP contribution is -2.45. The molecule has 0 saturated carbocycles. The summed E-state index contributed by atoms with van der Waals surface area (Å²) in [5.41, 5.74) is 2.25. The molecular formula is C16H19N3O3. The molecule has 0 aliphatic carbocycles. The van der Waals surface area contributed by atoms with Crippen LogP contribution >= 0.6 is 0 Å². The molecule has 0 bridgehead atoms. The minimum absolute atomic E-state index is 0.129. The van der Waals surface area contributed by atoms with Gasteiger partial charge in [-0.25, -0.2) is 0 Å². The van der Waals surface area contributed by atoms with E-state index in [4.69, 9.17) is 0 Å². The van der Waals surface area contributed by atoms with Crippen LogP contribution in [0.1, 0.15) is 29.3 Å². The molecule has 3 rings (SSSR count). The third-order valence-electron chi connectivity index (χ3n) is 4.22. The molecule has 1 aliphatic rings.